The summed E-state index contributed by atoms with van der Waals surface area (Å²) in [5, 5.41) is 0. The molecule has 1 aromatic rings. The Morgan fingerprint density at radius 2 is 1.79 bits per heavy atom. The fourth-order valence-corrected chi connectivity index (χ4v) is 5.50. The summed E-state index contributed by atoms with van der Waals surface area (Å²) < 4.78 is 10.4. The van der Waals surface area contributed by atoms with Crippen LogP contribution in [0.2, 0.25) is 0 Å². The number of ether oxygens (including phenoxy) is 2. The minimum atomic E-state index is -0.636. The number of amides is 1. The van der Waals surface area contributed by atoms with Crippen LogP contribution in [0.15, 0.2) is 0 Å². The van der Waals surface area contributed by atoms with Gasteiger partial charge in [0.2, 0.25) is 0 Å². The van der Waals surface area contributed by atoms with E-state index in [1.807, 2.05) is 4.90 Å². The van der Waals surface area contributed by atoms with Crippen LogP contribution in [0.4, 0.5) is 0 Å². The smallest absolute Gasteiger partial charge is 0.355 e. The molecule has 2 aliphatic rings. The number of likely N-dealkylation sites (tertiary alicyclic amines) is 1. The van der Waals surface area contributed by atoms with E-state index in [-0.39, 0.29) is 41.7 Å². The van der Waals surface area contributed by atoms with Gasteiger partial charge in [-0.25, -0.2) is 9.59 Å². The standard InChI is InChI=1S/C22H32N2O5/c1-7-28-19(26)17-13(2)18(23-14(17)3)20(27)29-10-16(25)24-12-22(6)9-15(24)8-21(4,5)11-22/h15,23H,7-12H2,1-6H3. The number of aryl methyl sites for hydroxylation is 1. The number of carbonyl (C=O) groups is 3. The average Bonchev–Trinajstić information content (AvgIpc) is 3.04. The maximum Gasteiger partial charge on any atom is 0.355 e. The zero-order chi connectivity index (χ0) is 21.6. The normalized spacial score (nSPS) is 25.0. The Labute approximate surface area is 172 Å². The van der Waals surface area contributed by atoms with E-state index in [2.05, 4.69) is 25.8 Å². The summed E-state index contributed by atoms with van der Waals surface area (Å²) >= 11 is 0. The van der Waals surface area contributed by atoms with Crippen molar-refractivity contribution >= 4 is 17.8 Å². The van der Waals surface area contributed by atoms with Gasteiger partial charge < -0.3 is 19.4 Å². The molecule has 1 aromatic heterocycles. The highest BCUT2D eigenvalue weighted by Gasteiger charge is 2.51. The van der Waals surface area contributed by atoms with Crippen LogP contribution < -0.4 is 0 Å². The second kappa shape index (κ2) is 7.50. The summed E-state index contributed by atoms with van der Waals surface area (Å²) in [7, 11) is 0. The Balaban J connectivity index is 1.65. The van der Waals surface area contributed by atoms with Gasteiger partial charge in [0.25, 0.3) is 5.91 Å². The van der Waals surface area contributed by atoms with Crippen molar-refractivity contribution in [3.8, 4) is 0 Å². The predicted octanol–water partition coefficient (Wildman–Crippen LogP) is 3.39. The van der Waals surface area contributed by atoms with Crippen LogP contribution in [-0.4, -0.2) is 53.5 Å². The maximum absolute atomic E-state index is 12.8. The van der Waals surface area contributed by atoms with Crippen LogP contribution in [0.5, 0.6) is 0 Å². The van der Waals surface area contributed by atoms with Gasteiger partial charge in [0.15, 0.2) is 6.61 Å². The lowest BCUT2D eigenvalue weighted by molar-refractivity contribution is -0.135. The Morgan fingerprint density at radius 3 is 2.45 bits per heavy atom. The van der Waals surface area contributed by atoms with Crippen LogP contribution in [0.1, 0.15) is 79.1 Å². The largest absolute Gasteiger partial charge is 0.462 e. The van der Waals surface area contributed by atoms with Gasteiger partial charge in [0, 0.05) is 18.3 Å². The monoisotopic (exact) mass is 404 g/mol. The fourth-order valence-electron chi connectivity index (χ4n) is 5.50. The third kappa shape index (κ3) is 4.19. The molecule has 2 bridgehead atoms. The molecule has 3 rings (SSSR count). The molecule has 1 N–H and O–H groups in total. The van der Waals surface area contributed by atoms with Gasteiger partial charge in [-0.05, 0) is 56.4 Å². The molecule has 29 heavy (non-hydrogen) atoms. The minimum Gasteiger partial charge on any atom is -0.462 e. The molecule has 1 saturated heterocycles. The number of hydrogen-bond donors (Lipinski definition) is 1. The SMILES string of the molecule is CCOC(=O)c1c(C)[nH]c(C(=O)OCC(=O)N2CC3(C)CC2CC(C)(C)C3)c1C. The highest BCUT2D eigenvalue weighted by molar-refractivity contribution is 5.99. The first-order valence-electron chi connectivity index (χ1n) is 10.3. The van der Waals surface area contributed by atoms with E-state index in [1.54, 1.807) is 20.8 Å². The number of rotatable bonds is 5. The first-order valence-corrected chi connectivity index (χ1v) is 10.3. The van der Waals surface area contributed by atoms with Gasteiger partial charge in [0.05, 0.1) is 12.2 Å². The number of aromatic amines is 1. The number of nitrogens with zero attached hydrogens (tertiary/aromatic N) is 1. The first-order chi connectivity index (χ1) is 13.5. The molecule has 2 heterocycles. The number of hydrogen-bond acceptors (Lipinski definition) is 5. The quantitative estimate of drug-likeness (QED) is 0.760. The molecule has 1 aliphatic carbocycles. The Hall–Kier alpha value is -2.31. The highest BCUT2D eigenvalue weighted by atomic mass is 16.5. The van der Waals surface area contributed by atoms with E-state index < -0.39 is 11.9 Å². The fraction of sp³-hybridized carbons (Fsp3) is 0.682. The molecule has 1 aliphatic heterocycles. The molecule has 2 atom stereocenters. The van der Waals surface area contributed by atoms with Gasteiger partial charge in [-0.2, -0.15) is 0 Å². The molecule has 0 radical (unpaired) electrons. The number of carbonyl (C=O) groups excluding carboxylic acids is 3. The second-order valence-electron chi connectivity index (χ2n) is 9.66. The zero-order valence-corrected chi connectivity index (χ0v) is 18.3. The van der Waals surface area contributed by atoms with E-state index >= 15 is 0 Å². The molecule has 7 nitrogen and oxygen atoms in total. The van der Waals surface area contributed by atoms with Gasteiger partial charge >= 0.3 is 11.9 Å². The zero-order valence-electron chi connectivity index (χ0n) is 18.3. The molecule has 0 spiro atoms. The van der Waals surface area contributed by atoms with E-state index in [0.717, 1.165) is 19.3 Å². The van der Waals surface area contributed by atoms with E-state index in [9.17, 15) is 14.4 Å². The molecule has 1 saturated carbocycles. The number of H-pyrrole nitrogens is 1. The van der Waals surface area contributed by atoms with Gasteiger partial charge in [-0.1, -0.05) is 20.8 Å². The molecule has 2 fully saturated rings. The Morgan fingerprint density at radius 1 is 1.10 bits per heavy atom. The summed E-state index contributed by atoms with van der Waals surface area (Å²) in [6, 6.07) is 0.208. The van der Waals surface area contributed by atoms with Crippen LogP contribution in [-0.2, 0) is 14.3 Å². The lowest BCUT2D eigenvalue weighted by Crippen LogP contribution is -2.39. The van der Waals surface area contributed by atoms with Crippen molar-refractivity contribution < 1.29 is 23.9 Å². The first kappa shape index (κ1) is 21.4. The Kier molecular flexibility index (Phi) is 5.54. The third-order valence-corrected chi connectivity index (χ3v) is 6.18. The predicted molar refractivity (Wildman–Crippen MR) is 108 cm³/mol. The summed E-state index contributed by atoms with van der Waals surface area (Å²) in [4.78, 5) is 42.2. The molecule has 2 unspecified atom stereocenters. The van der Waals surface area contributed by atoms with Crippen molar-refractivity contribution in [1.29, 1.82) is 0 Å². The molecule has 7 heteroatoms. The summed E-state index contributed by atoms with van der Waals surface area (Å²) in [5.74, 6) is -1.27. The maximum atomic E-state index is 12.8. The summed E-state index contributed by atoms with van der Waals surface area (Å²) in [6.45, 7) is 12.5. The number of fused-ring (bicyclic) bond motifs is 2. The van der Waals surface area contributed by atoms with Crippen molar-refractivity contribution in [3.63, 3.8) is 0 Å². The van der Waals surface area contributed by atoms with Gasteiger partial charge in [-0.3, -0.25) is 4.79 Å². The van der Waals surface area contributed by atoms with Crippen molar-refractivity contribution in [2.45, 2.75) is 66.8 Å². The van der Waals surface area contributed by atoms with E-state index in [4.69, 9.17) is 9.47 Å². The molecular formula is C22H32N2O5. The minimum absolute atomic E-state index is 0.133. The average molecular weight is 405 g/mol. The van der Waals surface area contributed by atoms with Crippen molar-refractivity contribution in [3.05, 3.63) is 22.5 Å². The highest BCUT2D eigenvalue weighted by Crippen LogP contribution is 2.52. The van der Waals surface area contributed by atoms with Crippen LogP contribution in [0.3, 0.4) is 0 Å². The van der Waals surface area contributed by atoms with Crippen LogP contribution in [0, 0.1) is 24.7 Å². The molecule has 0 aromatic carbocycles. The lowest BCUT2D eigenvalue weighted by atomic mass is 9.65. The topological polar surface area (TPSA) is 88.7 Å². The van der Waals surface area contributed by atoms with Crippen LogP contribution in [0.25, 0.3) is 0 Å². The van der Waals surface area contributed by atoms with Crippen molar-refractivity contribution in [2.75, 3.05) is 19.8 Å². The summed E-state index contributed by atoms with van der Waals surface area (Å²) in [5.41, 5.74) is 1.90. The molecule has 1 amide bonds. The number of esters is 2. The third-order valence-electron chi connectivity index (χ3n) is 6.18. The summed E-state index contributed by atoms with van der Waals surface area (Å²) in [6.07, 6.45) is 3.08. The lowest BCUT2D eigenvalue weighted by Gasteiger charge is -2.39. The Bertz CT molecular complexity index is 841. The second-order valence-corrected chi connectivity index (χ2v) is 9.66. The van der Waals surface area contributed by atoms with Gasteiger partial charge in [-0.15, -0.1) is 0 Å². The van der Waals surface area contributed by atoms with Crippen molar-refractivity contribution in [1.82, 2.24) is 9.88 Å². The van der Waals surface area contributed by atoms with Crippen LogP contribution >= 0.6 is 0 Å². The van der Waals surface area contributed by atoms with E-state index in [0.29, 0.717) is 23.4 Å². The van der Waals surface area contributed by atoms with Gasteiger partial charge in [0.1, 0.15) is 5.69 Å². The number of aromatic nitrogens is 1. The number of nitrogens with one attached hydrogen (secondary N) is 1. The van der Waals surface area contributed by atoms with E-state index in [1.165, 1.54) is 0 Å². The van der Waals surface area contributed by atoms with Crippen molar-refractivity contribution in [2.24, 2.45) is 10.8 Å². The molecular weight excluding hydrogens is 372 g/mol. The molecule has 160 valence electrons.